The second-order valence-corrected chi connectivity index (χ2v) is 8.86. The van der Waals surface area contributed by atoms with Gasteiger partial charge in [0.1, 0.15) is 16.8 Å². The molecule has 2 aromatic heterocycles. The molecule has 138 valence electrons. The lowest BCUT2D eigenvalue weighted by Gasteiger charge is -2.33. The number of thioether (sulfide) groups is 1. The standard InChI is InChI=1S/C21H16N4OS2/c22-12-28-17-10-16(11-17)23-20(26)19-18(24-21-25(19)7-8-27-21)15-6-5-13-3-1-2-4-14(13)9-15/h1-9,16-17H,10-11H2,(H,23,26)/t16-,17-. The highest BCUT2D eigenvalue weighted by Gasteiger charge is 2.32. The molecule has 28 heavy (non-hydrogen) atoms. The Labute approximate surface area is 170 Å². The summed E-state index contributed by atoms with van der Waals surface area (Å²) in [6.07, 6.45) is 3.56. The highest BCUT2D eigenvalue weighted by molar-refractivity contribution is 8.04. The van der Waals surface area contributed by atoms with E-state index in [2.05, 4.69) is 35.0 Å². The van der Waals surface area contributed by atoms with Crippen molar-refractivity contribution in [2.75, 3.05) is 0 Å². The van der Waals surface area contributed by atoms with Crippen LogP contribution in [0.15, 0.2) is 54.0 Å². The maximum Gasteiger partial charge on any atom is 0.270 e. The largest absolute Gasteiger partial charge is 0.348 e. The van der Waals surface area contributed by atoms with Gasteiger partial charge >= 0.3 is 0 Å². The summed E-state index contributed by atoms with van der Waals surface area (Å²) in [6, 6.07) is 14.5. The minimum atomic E-state index is -0.112. The van der Waals surface area contributed by atoms with Gasteiger partial charge in [-0.25, -0.2) is 4.98 Å². The summed E-state index contributed by atoms with van der Waals surface area (Å²) in [5.74, 6) is -0.112. The summed E-state index contributed by atoms with van der Waals surface area (Å²) in [6.45, 7) is 0. The van der Waals surface area contributed by atoms with Crippen molar-refractivity contribution in [1.82, 2.24) is 14.7 Å². The number of thiocyanates is 1. The lowest BCUT2D eigenvalue weighted by Crippen LogP contribution is -2.45. The maximum absolute atomic E-state index is 13.1. The van der Waals surface area contributed by atoms with Crippen LogP contribution in [0.5, 0.6) is 0 Å². The van der Waals surface area contributed by atoms with Gasteiger partial charge in [-0.05, 0) is 41.4 Å². The average Bonchev–Trinajstić information content (AvgIpc) is 3.27. The average molecular weight is 405 g/mol. The third-order valence-electron chi connectivity index (χ3n) is 5.15. The molecule has 0 unspecified atom stereocenters. The van der Waals surface area contributed by atoms with E-state index in [1.54, 1.807) is 0 Å². The highest BCUT2D eigenvalue weighted by Crippen LogP contribution is 2.33. The fourth-order valence-electron chi connectivity index (χ4n) is 3.65. The molecule has 0 atom stereocenters. The SMILES string of the molecule is N#CS[C@H]1C[C@H](NC(=O)c2c(-c3ccc4ccccc4c3)nc3sccn23)C1. The fraction of sp³-hybridized carbons (Fsp3) is 0.190. The molecular formula is C21H16N4OS2. The Balaban J connectivity index is 1.50. The Morgan fingerprint density at radius 3 is 2.89 bits per heavy atom. The predicted molar refractivity (Wildman–Crippen MR) is 113 cm³/mol. The van der Waals surface area contributed by atoms with E-state index in [0.29, 0.717) is 16.6 Å². The normalized spacial score (nSPS) is 18.7. The molecule has 1 N–H and O–H groups in total. The number of hydrogen-bond acceptors (Lipinski definition) is 5. The third kappa shape index (κ3) is 2.95. The van der Waals surface area contributed by atoms with E-state index in [1.165, 1.54) is 23.1 Å². The smallest absolute Gasteiger partial charge is 0.270 e. The fourth-order valence-corrected chi connectivity index (χ4v) is 5.17. The number of thiazole rings is 1. The molecule has 0 radical (unpaired) electrons. The van der Waals surface area contributed by atoms with Crippen LogP contribution in [-0.4, -0.2) is 26.6 Å². The van der Waals surface area contributed by atoms with Crippen molar-refractivity contribution < 1.29 is 4.79 Å². The van der Waals surface area contributed by atoms with E-state index in [1.807, 2.05) is 34.2 Å². The van der Waals surface area contributed by atoms with Crippen LogP contribution in [0.4, 0.5) is 0 Å². The molecule has 7 heteroatoms. The van der Waals surface area contributed by atoms with Crippen LogP contribution >= 0.6 is 23.1 Å². The number of carbonyl (C=O) groups excluding carboxylic acids is 1. The first-order valence-corrected chi connectivity index (χ1v) is 10.8. The number of hydrogen-bond donors (Lipinski definition) is 1. The Bertz CT molecular complexity index is 1230. The molecule has 1 aliphatic carbocycles. The second-order valence-electron chi connectivity index (χ2n) is 6.90. The summed E-state index contributed by atoms with van der Waals surface area (Å²) < 4.78 is 1.87. The van der Waals surface area contributed by atoms with Crippen LogP contribution in [0, 0.1) is 10.7 Å². The monoisotopic (exact) mass is 404 g/mol. The molecule has 1 amide bonds. The van der Waals surface area contributed by atoms with Crippen molar-refractivity contribution in [3.63, 3.8) is 0 Å². The molecular weight excluding hydrogens is 388 g/mol. The number of benzene rings is 2. The van der Waals surface area contributed by atoms with Gasteiger partial charge in [0.25, 0.3) is 5.91 Å². The van der Waals surface area contributed by atoms with Crippen LogP contribution < -0.4 is 5.32 Å². The van der Waals surface area contributed by atoms with Gasteiger partial charge in [0, 0.05) is 28.4 Å². The number of aromatic nitrogens is 2. The molecule has 2 aromatic carbocycles. The first kappa shape index (κ1) is 17.3. The van der Waals surface area contributed by atoms with Crippen LogP contribution in [0.2, 0.25) is 0 Å². The second kappa shape index (κ2) is 6.97. The van der Waals surface area contributed by atoms with Gasteiger partial charge in [0.05, 0.1) is 0 Å². The van der Waals surface area contributed by atoms with Gasteiger partial charge in [-0.1, -0.05) is 36.4 Å². The lowest BCUT2D eigenvalue weighted by molar-refractivity contribution is 0.0914. The number of nitriles is 1. The van der Waals surface area contributed by atoms with Crippen molar-refractivity contribution in [2.24, 2.45) is 0 Å². The van der Waals surface area contributed by atoms with Gasteiger partial charge < -0.3 is 5.32 Å². The Morgan fingerprint density at radius 2 is 2.07 bits per heavy atom. The summed E-state index contributed by atoms with van der Waals surface area (Å²) in [4.78, 5) is 18.6. The first-order valence-electron chi connectivity index (χ1n) is 9.03. The van der Waals surface area contributed by atoms with E-state index < -0.39 is 0 Å². The van der Waals surface area contributed by atoms with E-state index in [9.17, 15) is 4.79 Å². The molecule has 0 aliphatic heterocycles. The van der Waals surface area contributed by atoms with Crippen molar-refractivity contribution >= 4 is 44.7 Å². The number of rotatable bonds is 4. The van der Waals surface area contributed by atoms with Crippen molar-refractivity contribution in [1.29, 1.82) is 5.26 Å². The van der Waals surface area contributed by atoms with E-state index >= 15 is 0 Å². The van der Waals surface area contributed by atoms with E-state index in [0.717, 1.165) is 34.1 Å². The predicted octanol–water partition coefficient (Wildman–Crippen LogP) is 4.69. The van der Waals surface area contributed by atoms with Gasteiger partial charge in [-0.15, -0.1) is 11.3 Å². The lowest BCUT2D eigenvalue weighted by atomic mass is 9.92. The summed E-state index contributed by atoms with van der Waals surface area (Å²) >= 11 is 2.81. The van der Waals surface area contributed by atoms with Crippen LogP contribution in [0.3, 0.4) is 0 Å². The van der Waals surface area contributed by atoms with Crippen LogP contribution in [-0.2, 0) is 0 Å². The minimum absolute atomic E-state index is 0.112. The van der Waals surface area contributed by atoms with E-state index in [4.69, 9.17) is 10.2 Å². The van der Waals surface area contributed by atoms with Crippen molar-refractivity contribution in [3.8, 4) is 16.7 Å². The molecule has 1 fully saturated rings. The number of nitrogens with zero attached hydrogens (tertiary/aromatic N) is 3. The van der Waals surface area contributed by atoms with Crippen LogP contribution in [0.25, 0.3) is 27.0 Å². The van der Waals surface area contributed by atoms with E-state index in [-0.39, 0.29) is 11.9 Å². The third-order valence-corrected chi connectivity index (χ3v) is 6.73. The molecule has 1 aliphatic rings. The summed E-state index contributed by atoms with van der Waals surface area (Å²) in [5.41, 5.74) is 2.21. The topological polar surface area (TPSA) is 70.2 Å². The number of imidazole rings is 1. The van der Waals surface area contributed by atoms with Crippen molar-refractivity contribution in [3.05, 3.63) is 59.7 Å². The number of nitrogens with one attached hydrogen (secondary N) is 1. The molecule has 2 heterocycles. The first-order chi connectivity index (χ1) is 13.7. The Hall–Kier alpha value is -2.82. The quantitative estimate of drug-likeness (QED) is 0.501. The molecule has 5 rings (SSSR count). The zero-order valence-electron chi connectivity index (χ0n) is 14.8. The molecule has 0 saturated heterocycles. The molecule has 1 saturated carbocycles. The van der Waals surface area contributed by atoms with Gasteiger partial charge in [-0.2, -0.15) is 5.26 Å². The molecule has 0 bridgehead atoms. The zero-order valence-corrected chi connectivity index (χ0v) is 16.5. The summed E-state index contributed by atoms with van der Waals surface area (Å²) in [5, 5.41) is 18.6. The molecule has 4 aromatic rings. The summed E-state index contributed by atoms with van der Waals surface area (Å²) in [7, 11) is 0. The van der Waals surface area contributed by atoms with Gasteiger partial charge in [0.15, 0.2) is 4.96 Å². The highest BCUT2D eigenvalue weighted by atomic mass is 32.2. The van der Waals surface area contributed by atoms with Gasteiger partial charge in [-0.3, -0.25) is 9.20 Å². The van der Waals surface area contributed by atoms with Crippen LogP contribution in [0.1, 0.15) is 23.3 Å². The number of amides is 1. The molecule has 0 spiro atoms. The number of fused-ring (bicyclic) bond motifs is 2. The molecule has 5 nitrogen and oxygen atoms in total. The Kier molecular flexibility index (Phi) is 4.30. The number of carbonyl (C=O) groups is 1. The van der Waals surface area contributed by atoms with Crippen molar-refractivity contribution in [2.45, 2.75) is 24.1 Å². The minimum Gasteiger partial charge on any atom is -0.348 e. The van der Waals surface area contributed by atoms with Gasteiger partial charge in [0.2, 0.25) is 0 Å². The Morgan fingerprint density at radius 1 is 1.25 bits per heavy atom. The maximum atomic E-state index is 13.1. The zero-order chi connectivity index (χ0) is 19.1.